The van der Waals surface area contributed by atoms with Crippen molar-refractivity contribution in [3.63, 3.8) is 0 Å². The van der Waals surface area contributed by atoms with Gasteiger partial charge >= 0.3 is 5.97 Å². The van der Waals surface area contributed by atoms with Gasteiger partial charge in [0.1, 0.15) is 6.10 Å². The Hall–Kier alpha value is -2.95. The summed E-state index contributed by atoms with van der Waals surface area (Å²) < 4.78 is 5.42. The topological polar surface area (TPSA) is 63.7 Å². The van der Waals surface area contributed by atoms with Crippen molar-refractivity contribution >= 4 is 17.8 Å². The van der Waals surface area contributed by atoms with E-state index in [0.29, 0.717) is 11.1 Å². The van der Waals surface area contributed by atoms with Gasteiger partial charge in [0.15, 0.2) is 0 Å². The lowest BCUT2D eigenvalue weighted by Gasteiger charge is -2.30. The van der Waals surface area contributed by atoms with E-state index in [-0.39, 0.29) is 11.8 Å². The molecule has 0 saturated carbocycles. The summed E-state index contributed by atoms with van der Waals surface area (Å²) in [6, 6.07) is 15.2. The first-order chi connectivity index (χ1) is 11.5. The van der Waals surface area contributed by atoms with Crippen LogP contribution in [0.1, 0.15) is 46.2 Å². The SMILES string of the molecule is CC(=O)O[C@@H](c1ccccc1)[C@@H](C)N1C(=O)c2ccccc2C1=O. The van der Waals surface area contributed by atoms with Gasteiger partial charge in [0.2, 0.25) is 0 Å². The Morgan fingerprint density at radius 2 is 1.42 bits per heavy atom. The summed E-state index contributed by atoms with van der Waals surface area (Å²) in [7, 11) is 0. The Morgan fingerprint density at radius 3 is 1.92 bits per heavy atom. The second-order valence-electron chi connectivity index (χ2n) is 5.71. The van der Waals surface area contributed by atoms with Crippen LogP contribution >= 0.6 is 0 Å². The third-order valence-electron chi connectivity index (χ3n) is 4.09. The Morgan fingerprint density at radius 1 is 0.917 bits per heavy atom. The fourth-order valence-corrected chi connectivity index (χ4v) is 2.98. The first-order valence-corrected chi connectivity index (χ1v) is 7.70. The highest BCUT2D eigenvalue weighted by molar-refractivity contribution is 6.21. The van der Waals surface area contributed by atoms with Crippen LogP contribution in [0.3, 0.4) is 0 Å². The molecule has 1 aliphatic heterocycles. The number of esters is 1. The second kappa shape index (κ2) is 6.28. The minimum Gasteiger partial charge on any atom is -0.455 e. The van der Waals surface area contributed by atoms with Crippen molar-refractivity contribution in [1.82, 2.24) is 4.90 Å². The summed E-state index contributed by atoms with van der Waals surface area (Å²) in [4.78, 5) is 38.0. The standard InChI is InChI=1S/C19H17NO4/c1-12(17(24-13(2)21)14-8-4-3-5-9-14)20-18(22)15-10-6-7-11-16(15)19(20)23/h3-12,17H,1-2H3/t12-,17-/m1/s1. The van der Waals surface area contributed by atoms with Gasteiger partial charge in [0, 0.05) is 6.92 Å². The Balaban J connectivity index is 1.97. The smallest absolute Gasteiger partial charge is 0.303 e. The van der Waals surface area contributed by atoms with E-state index in [4.69, 9.17) is 4.74 Å². The second-order valence-corrected chi connectivity index (χ2v) is 5.71. The van der Waals surface area contributed by atoms with E-state index in [1.807, 2.05) is 30.3 Å². The number of amides is 2. The molecular formula is C19H17NO4. The fourth-order valence-electron chi connectivity index (χ4n) is 2.98. The molecule has 0 saturated heterocycles. The maximum atomic E-state index is 12.6. The maximum absolute atomic E-state index is 12.6. The molecular weight excluding hydrogens is 306 g/mol. The number of fused-ring (bicyclic) bond motifs is 1. The summed E-state index contributed by atoms with van der Waals surface area (Å²) in [5.74, 6) is -1.19. The number of hydrogen-bond acceptors (Lipinski definition) is 4. The zero-order valence-electron chi connectivity index (χ0n) is 13.4. The molecule has 5 heteroatoms. The molecule has 1 aliphatic rings. The van der Waals surface area contributed by atoms with Crippen LogP contribution in [0.15, 0.2) is 54.6 Å². The predicted octanol–water partition coefficient (Wildman–Crippen LogP) is 2.98. The summed E-state index contributed by atoms with van der Waals surface area (Å²) in [5.41, 5.74) is 1.49. The first kappa shape index (κ1) is 15.9. The molecule has 0 spiro atoms. The highest BCUT2D eigenvalue weighted by Gasteiger charge is 2.42. The van der Waals surface area contributed by atoms with E-state index < -0.39 is 18.1 Å². The van der Waals surface area contributed by atoms with Gasteiger partial charge in [0.05, 0.1) is 17.2 Å². The Kier molecular flexibility index (Phi) is 4.16. The molecule has 0 fully saturated rings. The molecule has 2 aromatic rings. The summed E-state index contributed by atoms with van der Waals surface area (Å²) >= 11 is 0. The molecule has 3 rings (SSSR count). The van der Waals surface area contributed by atoms with Crippen molar-refractivity contribution < 1.29 is 19.1 Å². The van der Waals surface area contributed by atoms with Gasteiger partial charge < -0.3 is 4.74 Å². The predicted molar refractivity (Wildman–Crippen MR) is 87.4 cm³/mol. The molecule has 0 aliphatic carbocycles. The molecule has 0 N–H and O–H groups in total. The normalized spacial score (nSPS) is 15.8. The third-order valence-corrected chi connectivity index (χ3v) is 4.09. The van der Waals surface area contributed by atoms with Gasteiger partial charge in [0.25, 0.3) is 11.8 Å². The molecule has 2 atom stereocenters. The van der Waals surface area contributed by atoms with Crippen LogP contribution in [0.4, 0.5) is 0 Å². The number of benzene rings is 2. The van der Waals surface area contributed by atoms with Gasteiger partial charge in [-0.3, -0.25) is 19.3 Å². The van der Waals surface area contributed by atoms with Gasteiger partial charge in [-0.05, 0) is 24.6 Å². The lowest BCUT2D eigenvalue weighted by molar-refractivity contribution is -0.149. The van der Waals surface area contributed by atoms with Crippen LogP contribution in [0.5, 0.6) is 0 Å². The zero-order chi connectivity index (χ0) is 17.3. The summed E-state index contributed by atoms with van der Waals surface area (Å²) in [6.45, 7) is 3.02. The molecule has 2 aromatic carbocycles. The van der Waals surface area contributed by atoms with E-state index >= 15 is 0 Å². The van der Waals surface area contributed by atoms with Crippen LogP contribution in [0.25, 0.3) is 0 Å². The molecule has 0 radical (unpaired) electrons. The van der Waals surface area contributed by atoms with Crippen molar-refractivity contribution in [3.05, 3.63) is 71.3 Å². The lowest BCUT2D eigenvalue weighted by atomic mass is 10.0. The average Bonchev–Trinajstić information content (AvgIpc) is 2.84. The average molecular weight is 323 g/mol. The van der Waals surface area contributed by atoms with Gasteiger partial charge in [-0.2, -0.15) is 0 Å². The highest BCUT2D eigenvalue weighted by Crippen LogP contribution is 2.31. The number of imide groups is 1. The van der Waals surface area contributed by atoms with E-state index in [0.717, 1.165) is 5.56 Å². The lowest BCUT2D eigenvalue weighted by Crippen LogP contribution is -2.42. The molecule has 1 heterocycles. The Labute approximate surface area is 139 Å². The van der Waals surface area contributed by atoms with E-state index in [1.54, 1.807) is 31.2 Å². The molecule has 5 nitrogen and oxygen atoms in total. The van der Waals surface area contributed by atoms with Crippen LogP contribution in [-0.4, -0.2) is 28.7 Å². The van der Waals surface area contributed by atoms with E-state index in [1.165, 1.54) is 11.8 Å². The van der Waals surface area contributed by atoms with Crippen molar-refractivity contribution in [2.45, 2.75) is 26.0 Å². The minimum absolute atomic E-state index is 0.365. The monoisotopic (exact) mass is 323 g/mol. The largest absolute Gasteiger partial charge is 0.455 e. The Bertz CT molecular complexity index is 765. The maximum Gasteiger partial charge on any atom is 0.303 e. The van der Waals surface area contributed by atoms with Crippen LogP contribution < -0.4 is 0 Å². The molecule has 24 heavy (non-hydrogen) atoms. The molecule has 0 bridgehead atoms. The zero-order valence-corrected chi connectivity index (χ0v) is 13.4. The first-order valence-electron chi connectivity index (χ1n) is 7.70. The number of carbonyl (C=O) groups excluding carboxylic acids is 3. The summed E-state index contributed by atoms with van der Waals surface area (Å²) in [5, 5.41) is 0. The van der Waals surface area contributed by atoms with Crippen LogP contribution in [0.2, 0.25) is 0 Å². The van der Waals surface area contributed by atoms with Crippen LogP contribution in [0, 0.1) is 0 Å². The van der Waals surface area contributed by atoms with E-state index in [2.05, 4.69) is 0 Å². The summed E-state index contributed by atoms with van der Waals surface area (Å²) in [6.07, 6.45) is -0.717. The molecule has 122 valence electrons. The third kappa shape index (κ3) is 2.69. The van der Waals surface area contributed by atoms with E-state index in [9.17, 15) is 14.4 Å². The van der Waals surface area contributed by atoms with Crippen molar-refractivity contribution in [2.24, 2.45) is 0 Å². The molecule has 0 unspecified atom stereocenters. The molecule has 2 amide bonds. The van der Waals surface area contributed by atoms with Gasteiger partial charge in [-0.15, -0.1) is 0 Å². The molecule has 0 aromatic heterocycles. The number of rotatable bonds is 4. The van der Waals surface area contributed by atoms with Gasteiger partial charge in [-0.25, -0.2) is 0 Å². The highest BCUT2D eigenvalue weighted by atomic mass is 16.5. The minimum atomic E-state index is -0.717. The van der Waals surface area contributed by atoms with Gasteiger partial charge in [-0.1, -0.05) is 42.5 Å². The number of ether oxygens (including phenoxy) is 1. The quantitative estimate of drug-likeness (QED) is 0.641. The van der Waals surface area contributed by atoms with Crippen molar-refractivity contribution in [3.8, 4) is 0 Å². The fraction of sp³-hybridized carbons (Fsp3) is 0.211. The van der Waals surface area contributed by atoms with Crippen molar-refractivity contribution in [2.75, 3.05) is 0 Å². The van der Waals surface area contributed by atoms with Crippen LogP contribution in [-0.2, 0) is 9.53 Å². The number of hydrogen-bond donors (Lipinski definition) is 0. The van der Waals surface area contributed by atoms with Crippen molar-refractivity contribution in [1.29, 1.82) is 0 Å². The number of nitrogens with zero attached hydrogens (tertiary/aromatic N) is 1. The number of carbonyl (C=O) groups is 3.